The van der Waals surface area contributed by atoms with Crippen LogP contribution in [0.15, 0.2) is 24.3 Å². The summed E-state index contributed by atoms with van der Waals surface area (Å²) >= 11 is 0. The Morgan fingerprint density at radius 1 is 1.40 bits per heavy atom. The summed E-state index contributed by atoms with van der Waals surface area (Å²) in [4.78, 5) is 0. The van der Waals surface area contributed by atoms with Gasteiger partial charge >= 0.3 is 0 Å². The summed E-state index contributed by atoms with van der Waals surface area (Å²) in [6.45, 7) is 2.18. The van der Waals surface area contributed by atoms with Crippen molar-refractivity contribution in [1.29, 1.82) is 0 Å². The fraction of sp³-hybridized carbons (Fsp3) is 0.385. The van der Waals surface area contributed by atoms with E-state index in [9.17, 15) is 0 Å². The van der Waals surface area contributed by atoms with E-state index in [-0.39, 0.29) is 0 Å². The Morgan fingerprint density at radius 3 is 2.87 bits per heavy atom. The number of fused-ring (bicyclic) bond motifs is 1. The molecule has 15 heavy (non-hydrogen) atoms. The van der Waals surface area contributed by atoms with E-state index in [1.54, 1.807) is 7.11 Å². The third-order valence-corrected chi connectivity index (χ3v) is 3.07. The average Bonchev–Trinajstić information content (AvgIpc) is 2.70. The number of hydrogen-bond donors (Lipinski definition) is 1. The summed E-state index contributed by atoms with van der Waals surface area (Å²) in [6, 6.07) is 6.71. The molecule has 0 saturated carbocycles. The van der Waals surface area contributed by atoms with Crippen molar-refractivity contribution in [2.45, 2.75) is 19.4 Å². The van der Waals surface area contributed by atoms with Gasteiger partial charge in [0, 0.05) is 6.04 Å². The van der Waals surface area contributed by atoms with Crippen molar-refractivity contribution in [1.82, 2.24) is 5.32 Å². The van der Waals surface area contributed by atoms with Crippen LogP contribution in [0, 0.1) is 0 Å². The molecule has 1 unspecified atom stereocenters. The van der Waals surface area contributed by atoms with E-state index in [1.165, 1.54) is 16.7 Å². The van der Waals surface area contributed by atoms with Crippen molar-refractivity contribution in [2.24, 2.45) is 0 Å². The monoisotopic (exact) mass is 203 g/mol. The van der Waals surface area contributed by atoms with Crippen molar-refractivity contribution >= 4 is 5.57 Å². The van der Waals surface area contributed by atoms with E-state index in [0.717, 1.165) is 12.2 Å². The molecule has 1 aliphatic rings. The molecule has 80 valence electrons. The summed E-state index contributed by atoms with van der Waals surface area (Å²) < 4.78 is 5.25. The quantitative estimate of drug-likeness (QED) is 0.813. The van der Waals surface area contributed by atoms with Crippen molar-refractivity contribution < 1.29 is 4.74 Å². The minimum Gasteiger partial charge on any atom is -0.497 e. The Morgan fingerprint density at radius 2 is 2.20 bits per heavy atom. The first kappa shape index (κ1) is 10.2. The Kier molecular flexibility index (Phi) is 2.78. The topological polar surface area (TPSA) is 21.3 Å². The molecule has 0 amide bonds. The van der Waals surface area contributed by atoms with Crippen LogP contribution in [0.3, 0.4) is 0 Å². The Balaban J connectivity index is 2.37. The fourth-order valence-electron chi connectivity index (χ4n) is 2.02. The molecule has 0 spiro atoms. The Bertz CT molecular complexity index is 396. The predicted molar refractivity (Wildman–Crippen MR) is 63.2 cm³/mol. The van der Waals surface area contributed by atoms with Gasteiger partial charge in [-0.05, 0) is 49.2 Å². The molecule has 1 aromatic carbocycles. The van der Waals surface area contributed by atoms with Gasteiger partial charge < -0.3 is 10.1 Å². The Hall–Kier alpha value is -1.28. The molecule has 0 radical (unpaired) electrons. The molecule has 2 heteroatoms. The van der Waals surface area contributed by atoms with Crippen LogP contribution in [0.1, 0.15) is 18.1 Å². The number of methoxy groups -OCH3 is 1. The van der Waals surface area contributed by atoms with Gasteiger partial charge in [-0.1, -0.05) is 12.1 Å². The number of allylic oxidation sites excluding steroid dienone is 1. The van der Waals surface area contributed by atoms with Crippen molar-refractivity contribution in [3.05, 3.63) is 35.4 Å². The first-order valence-corrected chi connectivity index (χ1v) is 5.31. The maximum Gasteiger partial charge on any atom is 0.119 e. The molecule has 0 heterocycles. The lowest BCUT2D eigenvalue weighted by molar-refractivity contribution is 0.414. The number of nitrogens with one attached hydrogen (secondary N) is 1. The molecule has 0 aromatic heterocycles. The van der Waals surface area contributed by atoms with Crippen LogP contribution in [0.5, 0.6) is 5.75 Å². The van der Waals surface area contributed by atoms with Crippen molar-refractivity contribution in [2.75, 3.05) is 14.2 Å². The van der Waals surface area contributed by atoms with Gasteiger partial charge in [-0.3, -0.25) is 0 Å². The van der Waals surface area contributed by atoms with Crippen molar-refractivity contribution in [3.8, 4) is 5.75 Å². The maximum absolute atomic E-state index is 5.25. The summed E-state index contributed by atoms with van der Waals surface area (Å²) in [6.07, 6.45) is 3.34. The van der Waals surface area contributed by atoms with E-state index in [1.807, 2.05) is 13.1 Å². The lowest BCUT2D eigenvalue weighted by atomic mass is 10.0. The minimum atomic E-state index is 0.401. The molecule has 0 fully saturated rings. The van der Waals surface area contributed by atoms with Crippen LogP contribution < -0.4 is 10.1 Å². The highest BCUT2D eigenvalue weighted by Crippen LogP contribution is 2.32. The molecule has 1 aromatic rings. The molecule has 1 atom stereocenters. The van der Waals surface area contributed by atoms with Crippen molar-refractivity contribution in [3.63, 3.8) is 0 Å². The highest BCUT2D eigenvalue weighted by atomic mass is 16.5. The molecule has 0 saturated heterocycles. The number of hydrogen-bond acceptors (Lipinski definition) is 2. The molecule has 1 N–H and O–H groups in total. The van der Waals surface area contributed by atoms with E-state index < -0.39 is 0 Å². The lowest BCUT2D eigenvalue weighted by Crippen LogP contribution is -2.22. The van der Waals surface area contributed by atoms with E-state index in [0.29, 0.717) is 6.04 Å². The van der Waals surface area contributed by atoms with Crippen LogP contribution in [-0.2, 0) is 6.42 Å². The third kappa shape index (κ3) is 1.77. The molecule has 2 rings (SSSR count). The fourth-order valence-corrected chi connectivity index (χ4v) is 2.02. The number of ether oxygens (including phenoxy) is 1. The molecular weight excluding hydrogens is 186 g/mol. The van der Waals surface area contributed by atoms with E-state index in [4.69, 9.17) is 4.74 Å². The number of likely N-dealkylation sites (N-methyl/N-ethyl adjacent to an activating group) is 1. The zero-order chi connectivity index (χ0) is 10.8. The zero-order valence-electron chi connectivity index (χ0n) is 9.50. The largest absolute Gasteiger partial charge is 0.497 e. The summed E-state index contributed by atoms with van der Waals surface area (Å²) in [5, 5.41) is 3.28. The molecule has 0 bridgehead atoms. The van der Waals surface area contributed by atoms with Crippen LogP contribution in [0.4, 0.5) is 0 Å². The van der Waals surface area contributed by atoms with E-state index in [2.05, 4.69) is 30.4 Å². The zero-order valence-corrected chi connectivity index (χ0v) is 9.50. The molecule has 2 nitrogen and oxygen atoms in total. The van der Waals surface area contributed by atoms with Gasteiger partial charge in [0.05, 0.1) is 7.11 Å². The van der Waals surface area contributed by atoms with Gasteiger partial charge in [-0.25, -0.2) is 0 Å². The molecular formula is C13H17NO. The molecule has 1 aliphatic carbocycles. The van der Waals surface area contributed by atoms with Gasteiger partial charge in [0.2, 0.25) is 0 Å². The van der Waals surface area contributed by atoms with Gasteiger partial charge in [0.15, 0.2) is 0 Å². The van der Waals surface area contributed by atoms with Crippen LogP contribution >= 0.6 is 0 Å². The average molecular weight is 203 g/mol. The lowest BCUT2D eigenvalue weighted by Gasteiger charge is -2.14. The van der Waals surface area contributed by atoms with Crippen LogP contribution in [-0.4, -0.2) is 20.2 Å². The third-order valence-electron chi connectivity index (χ3n) is 3.07. The highest BCUT2D eigenvalue weighted by Gasteiger charge is 2.18. The second-order valence-electron chi connectivity index (χ2n) is 3.90. The van der Waals surface area contributed by atoms with Gasteiger partial charge in [-0.15, -0.1) is 0 Å². The standard InChI is InChI=1S/C13H17NO/c1-9(14-2)12-7-5-10-4-6-11(15-3)8-13(10)12/h4,6-9,14H,5H2,1-3H3. The van der Waals surface area contributed by atoms with Gasteiger partial charge in [0.1, 0.15) is 5.75 Å². The first-order chi connectivity index (χ1) is 7.26. The maximum atomic E-state index is 5.25. The van der Waals surface area contributed by atoms with E-state index >= 15 is 0 Å². The second kappa shape index (κ2) is 4.07. The minimum absolute atomic E-state index is 0.401. The van der Waals surface area contributed by atoms with Crippen LogP contribution in [0.2, 0.25) is 0 Å². The number of benzene rings is 1. The summed E-state index contributed by atoms with van der Waals surface area (Å²) in [5.74, 6) is 0.935. The Labute approximate surface area is 91.0 Å². The summed E-state index contributed by atoms with van der Waals surface area (Å²) in [7, 11) is 3.70. The number of rotatable bonds is 3. The first-order valence-electron chi connectivity index (χ1n) is 5.31. The van der Waals surface area contributed by atoms with Gasteiger partial charge in [-0.2, -0.15) is 0 Å². The SMILES string of the molecule is CNC(C)C1=CCc2ccc(OC)cc21. The van der Waals surface area contributed by atoms with Gasteiger partial charge in [0.25, 0.3) is 0 Å². The molecule has 0 aliphatic heterocycles. The predicted octanol–water partition coefficient (Wildman–Crippen LogP) is 2.24. The smallest absolute Gasteiger partial charge is 0.119 e. The van der Waals surface area contributed by atoms with Crippen LogP contribution in [0.25, 0.3) is 5.57 Å². The second-order valence-corrected chi connectivity index (χ2v) is 3.90. The highest BCUT2D eigenvalue weighted by molar-refractivity contribution is 5.76. The normalized spacial score (nSPS) is 15.8. The summed E-state index contributed by atoms with van der Waals surface area (Å²) in [5.41, 5.74) is 4.11.